The topological polar surface area (TPSA) is 65.1 Å². The van der Waals surface area contributed by atoms with Crippen LogP contribution in [0.15, 0.2) is 42.5 Å². The third-order valence-corrected chi connectivity index (χ3v) is 4.76. The molecule has 0 N–H and O–H groups in total. The molecule has 3 rings (SSSR count). The highest BCUT2D eigenvalue weighted by atomic mass is 16.5. The summed E-state index contributed by atoms with van der Waals surface area (Å²) in [5.41, 5.74) is 2.31. The number of hydrogen-bond acceptors (Lipinski definition) is 5. The maximum absolute atomic E-state index is 12.8. The van der Waals surface area contributed by atoms with Crippen molar-refractivity contribution in [1.82, 2.24) is 0 Å². The minimum absolute atomic E-state index is 0.229. The van der Waals surface area contributed by atoms with Gasteiger partial charge in [0, 0.05) is 12.2 Å². The number of rotatable bonds is 7. The van der Waals surface area contributed by atoms with Gasteiger partial charge in [0.05, 0.1) is 19.3 Å². The molecule has 1 aliphatic rings. The number of nitrogens with zero attached hydrogens (tertiary/aromatic N) is 1. The zero-order valence-corrected chi connectivity index (χ0v) is 17.3. The largest absolute Gasteiger partial charge is 0.493 e. The summed E-state index contributed by atoms with van der Waals surface area (Å²) in [4.78, 5) is 27.1. The van der Waals surface area contributed by atoms with Crippen molar-refractivity contribution >= 4 is 17.6 Å². The highest BCUT2D eigenvalue weighted by molar-refractivity contribution is 6.00. The van der Waals surface area contributed by atoms with E-state index in [0.717, 1.165) is 17.7 Å². The quantitative estimate of drug-likeness (QED) is 0.664. The van der Waals surface area contributed by atoms with E-state index in [4.69, 9.17) is 14.2 Å². The summed E-state index contributed by atoms with van der Waals surface area (Å²) in [7, 11) is 1.52. The molecule has 0 spiro atoms. The number of fused-ring (bicyclic) bond motifs is 1. The molecule has 29 heavy (non-hydrogen) atoms. The zero-order valence-electron chi connectivity index (χ0n) is 17.3. The highest BCUT2D eigenvalue weighted by Gasteiger charge is 2.30. The lowest BCUT2D eigenvalue weighted by atomic mass is 10.2. The van der Waals surface area contributed by atoms with Crippen molar-refractivity contribution in [2.45, 2.75) is 33.3 Å². The molecule has 154 valence electrons. The summed E-state index contributed by atoms with van der Waals surface area (Å²) in [6.45, 7) is 6.84. The SMILES string of the molecule is COc1cc(C(=O)O[C@@H](C)C(=O)N2CCc3ccccc32)ccc1OCC(C)C. The Morgan fingerprint density at radius 3 is 2.55 bits per heavy atom. The number of benzene rings is 2. The first-order valence-corrected chi connectivity index (χ1v) is 9.81. The average molecular weight is 397 g/mol. The summed E-state index contributed by atoms with van der Waals surface area (Å²) in [5, 5.41) is 0. The molecule has 2 aromatic carbocycles. The molecule has 0 saturated heterocycles. The van der Waals surface area contributed by atoms with Gasteiger partial charge < -0.3 is 19.1 Å². The Balaban J connectivity index is 1.67. The lowest BCUT2D eigenvalue weighted by Gasteiger charge is -2.22. The smallest absolute Gasteiger partial charge is 0.339 e. The van der Waals surface area contributed by atoms with Gasteiger partial charge in [-0.1, -0.05) is 32.0 Å². The van der Waals surface area contributed by atoms with E-state index in [2.05, 4.69) is 13.8 Å². The first kappa shape index (κ1) is 20.7. The van der Waals surface area contributed by atoms with E-state index in [1.54, 1.807) is 30.0 Å². The van der Waals surface area contributed by atoms with Crippen LogP contribution in [-0.2, 0) is 16.0 Å². The van der Waals surface area contributed by atoms with Crippen molar-refractivity contribution in [3.05, 3.63) is 53.6 Å². The molecule has 6 heteroatoms. The second-order valence-corrected chi connectivity index (χ2v) is 7.49. The number of amides is 1. The first-order chi connectivity index (χ1) is 13.9. The van der Waals surface area contributed by atoms with Crippen LogP contribution in [0.25, 0.3) is 0 Å². The van der Waals surface area contributed by atoms with Crippen molar-refractivity contribution in [3.63, 3.8) is 0 Å². The van der Waals surface area contributed by atoms with Gasteiger partial charge in [0.15, 0.2) is 17.6 Å². The third-order valence-electron chi connectivity index (χ3n) is 4.76. The fraction of sp³-hybridized carbons (Fsp3) is 0.391. The van der Waals surface area contributed by atoms with Gasteiger partial charge in [0.2, 0.25) is 0 Å². The number of ether oxygens (including phenoxy) is 3. The molecule has 0 bridgehead atoms. The fourth-order valence-electron chi connectivity index (χ4n) is 3.24. The standard InChI is InChI=1S/C23H27NO5/c1-15(2)14-28-20-10-9-18(13-21(20)27-4)23(26)29-16(3)22(25)24-12-11-17-7-5-6-8-19(17)24/h5-10,13,15-16H,11-12,14H2,1-4H3/t16-/m0/s1. The monoisotopic (exact) mass is 397 g/mol. The Bertz CT molecular complexity index is 893. The van der Waals surface area contributed by atoms with Gasteiger partial charge in [0.1, 0.15) is 0 Å². The van der Waals surface area contributed by atoms with E-state index in [0.29, 0.717) is 36.1 Å². The second-order valence-electron chi connectivity index (χ2n) is 7.49. The van der Waals surface area contributed by atoms with Crippen molar-refractivity contribution in [2.75, 3.05) is 25.2 Å². The fourth-order valence-corrected chi connectivity index (χ4v) is 3.24. The Hall–Kier alpha value is -3.02. The molecule has 0 radical (unpaired) electrons. The molecule has 1 heterocycles. The number of carbonyl (C=O) groups excluding carboxylic acids is 2. The normalized spacial score (nSPS) is 13.8. The van der Waals surface area contributed by atoms with Crippen LogP contribution >= 0.6 is 0 Å². The number of anilines is 1. The van der Waals surface area contributed by atoms with Crippen LogP contribution in [0.5, 0.6) is 11.5 Å². The van der Waals surface area contributed by atoms with Crippen LogP contribution in [0, 0.1) is 5.92 Å². The van der Waals surface area contributed by atoms with E-state index in [-0.39, 0.29) is 5.91 Å². The van der Waals surface area contributed by atoms with Crippen LogP contribution < -0.4 is 14.4 Å². The molecule has 1 aliphatic heterocycles. The van der Waals surface area contributed by atoms with Crippen LogP contribution in [-0.4, -0.2) is 38.2 Å². The Labute approximate surface area is 171 Å². The minimum Gasteiger partial charge on any atom is -0.493 e. The molecule has 0 saturated carbocycles. The predicted molar refractivity (Wildman–Crippen MR) is 111 cm³/mol. The van der Waals surface area contributed by atoms with Crippen molar-refractivity contribution in [1.29, 1.82) is 0 Å². The maximum Gasteiger partial charge on any atom is 0.339 e. The van der Waals surface area contributed by atoms with Crippen LogP contribution in [0.1, 0.15) is 36.7 Å². The van der Waals surface area contributed by atoms with Gasteiger partial charge in [-0.2, -0.15) is 0 Å². The first-order valence-electron chi connectivity index (χ1n) is 9.81. The molecule has 1 atom stereocenters. The van der Waals surface area contributed by atoms with E-state index in [1.807, 2.05) is 24.3 Å². The predicted octanol–water partition coefficient (Wildman–Crippen LogP) is 3.86. The molecular formula is C23H27NO5. The molecule has 0 aliphatic carbocycles. The lowest BCUT2D eigenvalue weighted by Crippen LogP contribution is -2.39. The van der Waals surface area contributed by atoms with Gasteiger partial charge in [-0.25, -0.2) is 4.79 Å². The number of esters is 1. The van der Waals surface area contributed by atoms with E-state index in [9.17, 15) is 9.59 Å². The maximum atomic E-state index is 12.8. The van der Waals surface area contributed by atoms with Gasteiger partial charge in [-0.15, -0.1) is 0 Å². The molecule has 0 fully saturated rings. The lowest BCUT2D eigenvalue weighted by molar-refractivity contribution is -0.126. The molecule has 2 aromatic rings. The number of para-hydroxylation sites is 1. The minimum atomic E-state index is -0.892. The summed E-state index contributed by atoms with van der Waals surface area (Å²) in [6.07, 6.45) is -0.0889. The summed E-state index contributed by atoms with van der Waals surface area (Å²) < 4.78 is 16.5. The molecular weight excluding hydrogens is 370 g/mol. The van der Waals surface area contributed by atoms with Crippen LogP contribution in [0.2, 0.25) is 0 Å². The molecule has 1 amide bonds. The highest BCUT2D eigenvalue weighted by Crippen LogP contribution is 2.30. The average Bonchev–Trinajstić information content (AvgIpc) is 3.15. The molecule has 0 unspecified atom stereocenters. The number of methoxy groups -OCH3 is 1. The van der Waals surface area contributed by atoms with Crippen molar-refractivity contribution in [3.8, 4) is 11.5 Å². The van der Waals surface area contributed by atoms with Crippen LogP contribution in [0.4, 0.5) is 5.69 Å². The van der Waals surface area contributed by atoms with Gasteiger partial charge in [-0.3, -0.25) is 4.79 Å². The zero-order chi connectivity index (χ0) is 21.0. The van der Waals surface area contributed by atoms with Crippen molar-refractivity contribution < 1.29 is 23.8 Å². The third kappa shape index (κ3) is 4.70. The van der Waals surface area contributed by atoms with Gasteiger partial charge >= 0.3 is 5.97 Å². The Kier molecular flexibility index (Phi) is 6.42. The van der Waals surface area contributed by atoms with Crippen LogP contribution in [0.3, 0.4) is 0 Å². The summed E-state index contributed by atoms with van der Waals surface area (Å²) >= 11 is 0. The van der Waals surface area contributed by atoms with Crippen molar-refractivity contribution in [2.24, 2.45) is 5.92 Å². The summed E-state index contributed by atoms with van der Waals surface area (Å²) in [6, 6.07) is 12.6. The molecule has 0 aromatic heterocycles. The number of carbonyl (C=O) groups is 2. The van der Waals surface area contributed by atoms with E-state index < -0.39 is 12.1 Å². The Morgan fingerprint density at radius 1 is 1.07 bits per heavy atom. The van der Waals surface area contributed by atoms with Gasteiger partial charge in [0.25, 0.3) is 5.91 Å². The number of hydrogen-bond donors (Lipinski definition) is 0. The van der Waals surface area contributed by atoms with Gasteiger partial charge in [-0.05, 0) is 49.1 Å². The van der Waals surface area contributed by atoms with E-state index >= 15 is 0 Å². The second kappa shape index (κ2) is 8.99. The summed E-state index contributed by atoms with van der Waals surface area (Å²) in [5.74, 6) is 0.578. The Morgan fingerprint density at radius 2 is 1.83 bits per heavy atom. The van der Waals surface area contributed by atoms with E-state index in [1.165, 1.54) is 7.11 Å². The molecule has 6 nitrogen and oxygen atoms in total.